The monoisotopic (exact) mass is 292 g/mol. The second-order valence-corrected chi connectivity index (χ2v) is 5.25. The fourth-order valence-electron chi connectivity index (χ4n) is 2.66. The Bertz CT molecular complexity index is 514. The Morgan fingerprint density at radius 3 is 2.76 bits per heavy atom. The van der Waals surface area contributed by atoms with Crippen molar-refractivity contribution in [2.75, 3.05) is 50.9 Å². The molecule has 1 fully saturated rings. The van der Waals surface area contributed by atoms with E-state index in [1.165, 1.54) is 0 Å². The summed E-state index contributed by atoms with van der Waals surface area (Å²) in [6.07, 6.45) is 0. The molecule has 0 aliphatic carbocycles. The third-order valence-electron chi connectivity index (χ3n) is 3.89. The number of fused-ring (bicyclic) bond motifs is 1. The zero-order valence-corrected chi connectivity index (χ0v) is 12.0. The largest absolute Gasteiger partial charge is 0.482 e. The number of amides is 1. The highest BCUT2D eigenvalue weighted by atomic mass is 16.5. The zero-order chi connectivity index (χ0) is 14.7. The Balaban J connectivity index is 1.73. The topological polar surface area (TPSA) is 62.2 Å². The van der Waals surface area contributed by atoms with Crippen LogP contribution in [-0.2, 0) is 16.1 Å². The summed E-state index contributed by atoms with van der Waals surface area (Å²) in [5.41, 5.74) is 1.54. The lowest BCUT2D eigenvalue weighted by atomic mass is 10.1. The molecular weight excluding hydrogens is 272 g/mol. The predicted octanol–water partition coefficient (Wildman–Crippen LogP) is 0.236. The van der Waals surface area contributed by atoms with Crippen molar-refractivity contribution in [3.63, 3.8) is 0 Å². The summed E-state index contributed by atoms with van der Waals surface area (Å²) in [5.74, 6) is 0.666. The molecule has 3 rings (SSSR count). The van der Waals surface area contributed by atoms with Gasteiger partial charge < -0.3 is 19.5 Å². The smallest absolute Gasteiger partial charge is 0.265 e. The number of aliphatic hydroxyl groups is 1. The van der Waals surface area contributed by atoms with E-state index in [1.807, 2.05) is 18.2 Å². The van der Waals surface area contributed by atoms with E-state index in [9.17, 15) is 9.90 Å². The van der Waals surface area contributed by atoms with Crippen molar-refractivity contribution in [3.8, 4) is 5.75 Å². The molecule has 2 aliphatic heterocycles. The van der Waals surface area contributed by atoms with E-state index in [0.717, 1.165) is 44.1 Å². The van der Waals surface area contributed by atoms with E-state index < -0.39 is 0 Å². The molecule has 1 saturated heterocycles. The van der Waals surface area contributed by atoms with Gasteiger partial charge in [-0.3, -0.25) is 9.69 Å². The van der Waals surface area contributed by atoms with Gasteiger partial charge >= 0.3 is 0 Å². The van der Waals surface area contributed by atoms with Crippen LogP contribution in [-0.4, -0.2) is 61.9 Å². The van der Waals surface area contributed by atoms with Crippen LogP contribution in [0.2, 0.25) is 0 Å². The van der Waals surface area contributed by atoms with E-state index in [1.54, 1.807) is 4.90 Å². The molecule has 0 spiro atoms. The van der Waals surface area contributed by atoms with Crippen molar-refractivity contribution in [2.45, 2.75) is 6.61 Å². The minimum Gasteiger partial charge on any atom is -0.482 e. The van der Waals surface area contributed by atoms with Crippen LogP contribution in [0.1, 0.15) is 5.56 Å². The van der Waals surface area contributed by atoms with Crippen molar-refractivity contribution < 1.29 is 19.4 Å². The number of benzene rings is 1. The van der Waals surface area contributed by atoms with Gasteiger partial charge in [0.2, 0.25) is 0 Å². The molecule has 0 unspecified atom stereocenters. The molecule has 2 aliphatic rings. The van der Waals surface area contributed by atoms with Gasteiger partial charge in [0.05, 0.1) is 25.5 Å². The Morgan fingerprint density at radius 2 is 2.00 bits per heavy atom. The number of morpholine rings is 1. The lowest BCUT2D eigenvalue weighted by molar-refractivity contribution is -0.121. The molecular formula is C15H20N2O4. The molecule has 2 heterocycles. The maximum absolute atomic E-state index is 12.1. The van der Waals surface area contributed by atoms with Crippen LogP contribution in [0.4, 0.5) is 5.69 Å². The maximum Gasteiger partial charge on any atom is 0.265 e. The van der Waals surface area contributed by atoms with Crippen LogP contribution in [0.5, 0.6) is 5.75 Å². The standard InChI is InChI=1S/C15H20N2O4/c18-10-12-1-2-14-13(9-12)17(15(19)11-21-14)4-3-16-5-7-20-8-6-16/h1-2,9,18H,3-8,10-11H2. The molecule has 6 heteroatoms. The number of anilines is 1. The molecule has 1 aromatic rings. The number of aliphatic hydroxyl groups excluding tert-OH is 1. The SMILES string of the molecule is O=C1COc2ccc(CO)cc2N1CCN1CCOCC1. The number of carbonyl (C=O) groups excluding carboxylic acids is 1. The normalized spacial score (nSPS) is 19.3. The van der Waals surface area contributed by atoms with Gasteiger partial charge in [0.15, 0.2) is 6.61 Å². The summed E-state index contributed by atoms with van der Waals surface area (Å²) in [4.78, 5) is 16.2. The Kier molecular flexibility index (Phi) is 4.38. The second-order valence-electron chi connectivity index (χ2n) is 5.25. The highest BCUT2D eigenvalue weighted by molar-refractivity contribution is 5.97. The molecule has 0 saturated carbocycles. The van der Waals surface area contributed by atoms with E-state index in [0.29, 0.717) is 12.3 Å². The third kappa shape index (κ3) is 3.18. The highest BCUT2D eigenvalue weighted by Crippen LogP contribution is 2.32. The van der Waals surface area contributed by atoms with Gasteiger partial charge in [-0.2, -0.15) is 0 Å². The first kappa shape index (κ1) is 14.3. The summed E-state index contributed by atoms with van der Waals surface area (Å²) in [6.45, 7) is 4.80. The fourth-order valence-corrected chi connectivity index (χ4v) is 2.66. The van der Waals surface area contributed by atoms with Gasteiger partial charge in [-0.1, -0.05) is 6.07 Å². The first-order valence-electron chi connectivity index (χ1n) is 7.25. The minimum absolute atomic E-state index is 0.0363. The zero-order valence-electron chi connectivity index (χ0n) is 12.0. The van der Waals surface area contributed by atoms with Crippen LogP contribution in [0.15, 0.2) is 18.2 Å². The van der Waals surface area contributed by atoms with E-state index in [4.69, 9.17) is 9.47 Å². The van der Waals surface area contributed by atoms with Crippen molar-refractivity contribution in [1.29, 1.82) is 0 Å². The molecule has 1 amide bonds. The van der Waals surface area contributed by atoms with Crippen molar-refractivity contribution in [2.24, 2.45) is 0 Å². The average Bonchev–Trinajstić information content (AvgIpc) is 2.54. The predicted molar refractivity (Wildman–Crippen MR) is 77.5 cm³/mol. The van der Waals surface area contributed by atoms with Gasteiger partial charge in [-0.05, 0) is 17.7 Å². The summed E-state index contributed by atoms with van der Waals surface area (Å²) >= 11 is 0. The minimum atomic E-state index is -0.0429. The first-order chi connectivity index (χ1) is 10.3. The molecule has 1 N–H and O–H groups in total. The van der Waals surface area contributed by atoms with Crippen LogP contribution in [0.25, 0.3) is 0 Å². The molecule has 0 atom stereocenters. The molecule has 6 nitrogen and oxygen atoms in total. The van der Waals surface area contributed by atoms with Crippen LogP contribution in [0.3, 0.4) is 0 Å². The molecule has 0 radical (unpaired) electrons. The number of ether oxygens (including phenoxy) is 2. The molecule has 0 bridgehead atoms. The van der Waals surface area contributed by atoms with Crippen LogP contribution in [0, 0.1) is 0 Å². The van der Waals surface area contributed by atoms with Gasteiger partial charge in [0, 0.05) is 26.2 Å². The van der Waals surface area contributed by atoms with E-state index >= 15 is 0 Å². The molecule has 114 valence electrons. The van der Waals surface area contributed by atoms with Gasteiger partial charge in [0.1, 0.15) is 5.75 Å². The summed E-state index contributed by atoms with van der Waals surface area (Å²) in [5, 5.41) is 9.26. The number of nitrogens with zero attached hydrogens (tertiary/aromatic N) is 2. The Hall–Kier alpha value is -1.63. The maximum atomic E-state index is 12.1. The van der Waals surface area contributed by atoms with Gasteiger partial charge in [-0.25, -0.2) is 0 Å². The summed E-state index contributed by atoms with van der Waals surface area (Å²) in [6, 6.07) is 5.45. The number of hydrogen-bond acceptors (Lipinski definition) is 5. The number of rotatable bonds is 4. The lowest BCUT2D eigenvalue weighted by Crippen LogP contribution is -2.45. The van der Waals surface area contributed by atoms with E-state index in [-0.39, 0.29) is 19.1 Å². The van der Waals surface area contributed by atoms with Crippen LogP contribution < -0.4 is 9.64 Å². The van der Waals surface area contributed by atoms with E-state index in [2.05, 4.69) is 4.90 Å². The second kappa shape index (κ2) is 6.43. The molecule has 21 heavy (non-hydrogen) atoms. The lowest BCUT2D eigenvalue weighted by Gasteiger charge is -2.33. The number of carbonyl (C=O) groups is 1. The quantitative estimate of drug-likeness (QED) is 0.861. The number of hydrogen-bond donors (Lipinski definition) is 1. The Morgan fingerprint density at radius 1 is 1.19 bits per heavy atom. The third-order valence-corrected chi connectivity index (χ3v) is 3.89. The van der Waals surface area contributed by atoms with Gasteiger partial charge in [-0.15, -0.1) is 0 Å². The molecule has 1 aromatic carbocycles. The highest BCUT2D eigenvalue weighted by Gasteiger charge is 2.26. The summed E-state index contributed by atoms with van der Waals surface area (Å²) in [7, 11) is 0. The van der Waals surface area contributed by atoms with Crippen LogP contribution >= 0.6 is 0 Å². The first-order valence-corrected chi connectivity index (χ1v) is 7.25. The fraction of sp³-hybridized carbons (Fsp3) is 0.533. The van der Waals surface area contributed by atoms with Crippen molar-refractivity contribution in [1.82, 2.24) is 4.90 Å². The van der Waals surface area contributed by atoms with Gasteiger partial charge in [0.25, 0.3) is 5.91 Å². The summed E-state index contributed by atoms with van der Waals surface area (Å²) < 4.78 is 10.8. The van der Waals surface area contributed by atoms with Crippen molar-refractivity contribution >= 4 is 11.6 Å². The molecule has 0 aromatic heterocycles. The van der Waals surface area contributed by atoms with Crippen molar-refractivity contribution in [3.05, 3.63) is 23.8 Å². The average molecular weight is 292 g/mol. The Labute approximate surface area is 123 Å².